The predicted octanol–water partition coefficient (Wildman–Crippen LogP) is 1.19. The number of hydrogen-bond donors (Lipinski definition) is 1. The van der Waals surface area contributed by atoms with E-state index in [1.807, 2.05) is 32.5 Å². The van der Waals surface area contributed by atoms with Gasteiger partial charge in [0.1, 0.15) is 18.3 Å². The monoisotopic (exact) mass is 357 g/mol. The van der Waals surface area contributed by atoms with E-state index in [1.54, 1.807) is 24.0 Å². The Hall–Kier alpha value is -2.52. The van der Waals surface area contributed by atoms with E-state index in [4.69, 9.17) is 0 Å². The summed E-state index contributed by atoms with van der Waals surface area (Å²) in [4.78, 5) is 20.8. The van der Waals surface area contributed by atoms with Crippen LogP contribution < -0.4 is 0 Å². The lowest BCUT2D eigenvalue weighted by atomic mass is 10.2. The van der Waals surface area contributed by atoms with Gasteiger partial charge in [0.05, 0.1) is 12.2 Å². The van der Waals surface area contributed by atoms with Gasteiger partial charge in [-0.05, 0) is 17.5 Å². The first-order chi connectivity index (χ1) is 12.3. The number of carbonyl (C=O) groups is 1. The number of carbonyl (C=O) groups excluding carboxylic acids is 1. The molecule has 0 aromatic carbocycles. The van der Waals surface area contributed by atoms with Crippen molar-refractivity contribution in [1.29, 1.82) is 0 Å². The molecule has 0 radical (unpaired) electrons. The van der Waals surface area contributed by atoms with Gasteiger partial charge in [-0.1, -0.05) is 0 Å². The zero-order chi connectivity index (χ0) is 17.1. The van der Waals surface area contributed by atoms with E-state index in [0.717, 1.165) is 50.5 Å². The molecule has 3 aromatic heterocycles. The van der Waals surface area contributed by atoms with E-state index in [-0.39, 0.29) is 5.91 Å². The lowest BCUT2D eigenvalue weighted by Crippen LogP contribution is -2.49. The van der Waals surface area contributed by atoms with Gasteiger partial charge in [-0.15, -0.1) is 0 Å². The van der Waals surface area contributed by atoms with Gasteiger partial charge in [0.25, 0.3) is 5.91 Å². The smallest absolute Gasteiger partial charge is 0.271 e. The predicted molar refractivity (Wildman–Crippen MR) is 94.3 cm³/mol. The summed E-state index contributed by atoms with van der Waals surface area (Å²) >= 11 is 1.62. The second-order valence-corrected chi connectivity index (χ2v) is 6.75. The third-order valence-electron chi connectivity index (χ3n) is 4.40. The first-order valence-corrected chi connectivity index (χ1v) is 9.16. The molecule has 1 saturated heterocycles. The molecule has 130 valence electrons. The number of rotatable bonds is 5. The highest BCUT2D eigenvalue weighted by Gasteiger charge is 2.23. The van der Waals surface area contributed by atoms with Crippen LogP contribution in [0.1, 0.15) is 10.5 Å². The van der Waals surface area contributed by atoms with Crippen molar-refractivity contribution in [3.05, 3.63) is 41.2 Å². The quantitative estimate of drug-likeness (QED) is 0.742. The minimum atomic E-state index is 0.0184. The van der Waals surface area contributed by atoms with E-state index in [9.17, 15) is 4.79 Å². The molecular weight excluding hydrogens is 338 g/mol. The number of amides is 1. The van der Waals surface area contributed by atoms with E-state index in [0.29, 0.717) is 5.69 Å². The van der Waals surface area contributed by atoms with E-state index >= 15 is 0 Å². The van der Waals surface area contributed by atoms with Crippen molar-refractivity contribution in [2.75, 3.05) is 32.7 Å². The average molecular weight is 357 g/mol. The minimum Gasteiger partial charge on any atom is -0.335 e. The molecule has 0 spiro atoms. The van der Waals surface area contributed by atoms with Crippen LogP contribution in [-0.4, -0.2) is 73.4 Å². The maximum absolute atomic E-state index is 12.7. The van der Waals surface area contributed by atoms with Crippen LogP contribution >= 0.6 is 11.3 Å². The molecule has 25 heavy (non-hydrogen) atoms. The van der Waals surface area contributed by atoms with Crippen molar-refractivity contribution in [2.24, 2.45) is 0 Å². The summed E-state index contributed by atoms with van der Waals surface area (Å²) in [5.41, 5.74) is 2.41. The van der Waals surface area contributed by atoms with Crippen LogP contribution in [0.3, 0.4) is 0 Å². The van der Waals surface area contributed by atoms with Gasteiger partial charge in [-0.25, -0.2) is 4.98 Å². The van der Waals surface area contributed by atoms with Crippen molar-refractivity contribution in [1.82, 2.24) is 34.8 Å². The van der Waals surface area contributed by atoms with Crippen molar-refractivity contribution < 1.29 is 4.79 Å². The van der Waals surface area contributed by atoms with Gasteiger partial charge in [-0.3, -0.25) is 19.5 Å². The van der Waals surface area contributed by atoms with Crippen molar-refractivity contribution >= 4 is 17.2 Å². The first kappa shape index (κ1) is 16.0. The van der Waals surface area contributed by atoms with Crippen LogP contribution in [0.4, 0.5) is 0 Å². The molecule has 0 atom stereocenters. The summed E-state index contributed by atoms with van der Waals surface area (Å²) in [7, 11) is 0. The van der Waals surface area contributed by atoms with E-state index in [1.165, 1.54) is 0 Å². The fourth-order valence-electron chi connectivity index (χ4n) is 2.93. The molecule has 0 unspecified atom stereocenters. The third kappa shape index (κ3) is 3.62. The van der Waals surface area contributed by atoms with Crippen molar-refractivity contribution in [3.8, 4) is 11.3 Å². The summed E-state index contributed by atoms with van der Waals surface area (Å²) in [6.07, 6.45) is 3.27. The summed E-state index contributed by atoms with van der Waals surface area (Å²) in [6, 6.07) is 3.84. The molecule has 1 aliphatic heterocycles. The Morgan fingerprint density at radius 1 is 1.24 bits per heavy atom. The Morgan fingerprint density at radius 2 is 2.12 bits per heavy atom. The second kappa shape index (κ2) is 7.16. The second-order valence-electron chi connectivity index (χ2n) is 5.97. The fraction of sp³-hybridized carbons (Fsp3) is 0.375. The molecule has 1 fully saturated rings. The zero-order valence-electron chi connectivity index (χ0n) is 13.7. The summed E-state index contributed by atoms with van der Waals surface area (Å²) in [6.45, 7) is 4.92. The van der Waals surface area contributed by atoms with Gasteiger partial charge < -0.3 is 4.90 Å². The van der Waals surface area contributed by atoms with Crippen LogP contribution in [0.5, 0.6) is 0 Å². The molecule has 0 bridgehead atoms. The fourth-order valence-corrected chi connectivity index (χ4v) is 3.58. The molecule has 8 nitrogen and oxygen atoms in total. The number of nitrogens with zero attached hydrogens (tertiary/aromatic N) is 6. The van der Waals surface area contributed by atoms with Crippen LogP contribution in [0.25, 0.3) is 11.3 Å². The largest absolute Gasteiger partial charge is 0.335 e. The van der Waals surface area contributed by atoms with Crippen LogP contribution in [0.2, 0.25) is 0 Å². The van der Waals surface area contributed by atoms with Crippen molar-refractivity contribution in [2.45, 2.75) is 6.54 Å². The Kier molecular flexibility index (Phi) is 4.57. The highest BCUT2D eigenvalue weighted by atomic mass is 32.1. The number of piperazine rings is 1. The molecule has 4 heterocycles. The normalized spacial score (nSPS) is 15.6. The van der Waals surface area contributed by atoms with Crippen LogP contribution in [0.15, 0.2) is 35.5 Å². The lowest BCUT2D eigenvalue weighted by Gasteiger charge is -2.34. The number of aromatic nitrogens is 5. The molecule has 1 N–H and O–H groups in total. The number of H-pyrrole nitrogens is 1. The Bertz CT molecular complexity index is 804. The van der Waals surface area contributed by atoms with Gasteiger partial charge in [0.2, 0.25) is 0 Å². The molecule has 1 aliphatic rings. The van der Waals surface area contributed by atoms with E-state index < -0.39 is 0 Å². The minimum absolute atomic E-state index is 0.0184. The topological polar surface area (TPSA) is 82.9 Å². The Balaban J connectivity index is 1.30. The molecule has 1 amide bonds. The highest BCUT2D eigenvalue weighted by molar-refractivity contribution is 7.08. The number of aromatic amines is 1. The van der Waals surface area contributed by atoms with Gasteiger partial charge in [0.15, 0.2) is 0 Å². The average Bonchev–Trinajstić information content (AvgIpc) is 3.42. The molecule has 0 saturated carbocycles. The number of thiophene rings is 1. The van der Waals surface area contributed by atoms with E-state index in [2.05, 4.69) is 25.2 Å². The SMILES string of the molecule is O=C(c1cc(-c2ccsc2)n[nH]1)N1CCN(CCn2cncn2)CC1. The molecule has 4 rings (SSSR count). The standard InChI is InChI=1S/C16H19N7OS/c24-16(15-9-14(19-20-15)13-1-8-25-10-13)22-5-2-21(3-6-22)4-7-23-12-17-11-18-23/h1,8-12H,2-7H2,(H,19,20). The van der Waals surface area contributed by atoms with Gasteiger partial charge in [-0.2, -0.15) is 21.5 Å². The van der Waals surface area contributed by atoms with Gasteiger partial charge in [0, 0.05) is 43.7 Å². The van der Waals surface area contributed by atoms with Crippen molar-refractivity contribution in [3.63, 3.8) is 0 Å². The maximum Gasteiger partial charge on any atom is 0.271 e. The first-order valence-electron chi connectivity index (χ1n) is 8.21. The van der Waals surface area contributed by atoms with Crippen LogP contribution in [0, 0.1) is 0 Å². The molecule has 0 aliphatic carbocycles. The molecular formula is C16H19N7OS. The maximum atomic E-state index is 12.7. The summed E-state index contributed by atoms with van der Waals surface area (Å²) < 4.78 is 1.83. The lowest BCUT2D eigenvalue weighted by molar-refractivity contribution is 0.0626. The Morgan fingerprint density at radius 3 is 2.84 bits per heavy atom. The number of hydrogen-bond acceptors (Lipinski definition) is 6. The summed E-state index contributed by atoms with van der Waals surface area (Å²) in [5, 5.41) is 15.3. The van der Waals surface area contributed by atoms with Gasteiger partial charge >= 0.3 is 0 Å². The van der Waals surface area contributed by atoms with Crippen LogP contribution in [-0.2, 0) is 6.54 Å². The zero-order valence-corrected chi connectivity index (χ0v) is 14.5. The number of nitrogens with one attached hydrogen (secondary N) is 1. The highest BCUT2D eigenvalue weighted by Crippen LogP contribution is 2.21. The third-order valence-corrected chi connectivity index (χ3v) is 5.08. The molecule has 9 heteroatoms. The molecule has 3 aromatic rings. The summed E-state index contributed by atoms with van der Waals surface area (Å²) in [5.74, 6) is 0.0184. The Labute approximate surface area is 149 Å².